The van der Waals surface area contributed by atoms with Crippen LogP contribution < -0.4 is 0 Å². The van der Waals surface area contributed by atoms with Crippen molar-refractivity contribution in [2.24, 2.45) is 0 Å². The maximum absolute atomic E-state index is 4.78. The lowest BCUT2D eigenvalue weighted by Crippen LogP contribution is -2.25. The molecule has 0 N–H and O–H groups in total. The van der Waals surface area contributed by atoms with Crippen molar-refractivity contribution in [3.63, 3.8) is 0 Å². The zero-order chi connectivity index (χ0) is 25.1. The topological polar surface area (TPSA) is 25.8 Å². The number of aromatic nitrogens is 2. The number of rotatable bonds is 18. The highest BCUT2D eigenvalue weighted by Crippen LogP contribution is 2.55. The Morgan fingerprint density at radius 3 is 1.75 bits per heavy atom. The zero-order valence-corrected chi connectivity index (χ0v) is 23.8. The van der Waals surface area contributed by atoms with Crippen molar-refractivity contribution in [1.29, 1.82) is 0 Å². The van der Waals surface area contributed by atoms with Crippen molar-refractivity contribution in [2.45, 2.75) is 135 Å². The van der Waals surface area contributed by atoms with Gasteiger partial charge in [0.15, 0.2) is 0 Å². The summed E-state index contributed by atoms with van der Waals surface area (Å²) in [6.07, 6.45) is 24.6. The summed E-state index contributed by atoms with van der Waals surface area (Å²) < 4.78 is 9.36. The van der Waals surface area contributed by atoms with Crippen LogP contribution in [0, 0.1) is 0 Å². The smallest absolute Gasteiger partial charge is 0.112 e. The lowest BCUT2D eigenvalue weighted by Gasteiger charge is -2.33. The van der Waals surface area contributed by atoms with Crippen LogP contribution in [0.2, 0.25) is 0 Å². The molecule has 0 radical (unpaired) electrons. The first-order chi connectivity index (χ1) is 17.8. The number of fused-ring (bicyclic) bond motifs is 5. The molecule has 0 atom stereocenters. The summed E-state index contributed by atoms with van der Waals surface area (Å²) in [4.78, 5) is 0. The van der Waals surface area contributed by atoms with E-state index in [0.717, 1.165) is 11.0 Å². The SMILES string of the molecule is CCCCCCCCCCC1(CCCCCCCCCC)c2ccccc2-c2c1ccc1nsnc21. The molecule has 0 spiro atoms. The van der Waals surface area contributed by atoms with Crippen LogP contribution in [0.3, 0.4) is 0 Å². The molecule has 36 heavy (non-hydrogen) atoms. The predicted molar refractivity (Wildman–Crippen MR) is 158 cm³/mol. The van der Waals surface area contributed by atoms with Gasteiger partial charge in [0.25, 0.3) is 0 Å². The summed E-state index contributed by atoms with van der Waals surface area (Å²) in [6, 6.07) is 13.9. The Hall–Kier alpha value is -1.74. The fraction of sp³-hybridized carbons (Fsp3) is 0.636. The Labute approximate surface area is 224 Å². The summed E-state index contributed by atoms with van der Waals surface area (Å²) in [5, 5.41) is 0. The van der Waals surface area contributed by atoms with Crippen LogP contribution in [0.25, 0.3) is 22.2 Å². The van der Waals surface area contributed by atoms with E-state index in [9.17, 15) is 0 Å². The molecule has 0 bridgehead atoms. The highest BCUT2D eigenvalue weighted by molar-refractivity contribution is 7.00. The summed E-state index contributed by atoms with van der Waals surface area (Å²) >= 11 is 1.36. The van der Waals surface area contributed by atoms with Crippen LogP contribution in [-0.4, -0.2) is 8.75 Å². The van der Waals surface area contributed by atoms with Gasteiger partial charge in [0.05, 0.1) is 11.7 Å². The van der Waals surface area contributed by atoms with Gasteiger partial charge in [-0.15, -0.1) is 0 Å². The van der Waals surface area contributed by atoms with Crippen LogP contribution in [-0.2, 0) is 5.41 Å². The van der Waals surface area contributed by atoms with Gasteiger partial charge in [0, 0.05) is 11.0 Å². The third-order valence-corrected chi connectivity index (χ3v) is 9.11. The van der Waals surface area contributed by atoms with Crippen molar-refractivity contribution >= 4 is 22.8 Å². The molecular formula is C33H48N2S. The van der Waals surface area contributed by atoms with Gasteiger partial charge >= 0.3 is 0 Å². The normalized spacial score (nSPS) is 13.8. The molecule has 3 aromatic rings. The first-order valence-electron chi connectivity index (χ1n) is 15.2. The second kappa shape index (κ2) is 14.3. The Balaban J connectivity index is 1.48. The van der Waals surface area contributed by atoms with E-state index in [1.165, 1.54) is 144 Å². The maximum Gasteiger partial charge on any atom is 0.112 e. The quantitative estimate of drug-likeness (QED) is 0.161. The van der Waals surface area contributed by atoms with Gasteiger partial charge in [0.2, 0.25) is 0 Å². The highest BCUT2D eigenvalue weighted by Gasteiger charge is 2.43. The Morgan fingerprint density at radius 2 is 1.14 bits per heavy atom. The molecule has 1 aliphatic carbocycles. The van der Waals surface area contributed by atoms with Crippen LogP contribution in [0.15, 0.2) is 36.4 Å². The molecule has 196 valence electrons. The predicted octanol–water partition coefficient (Wildman–Crippen LogP) is 11.0. The number of hydrogen-bond donors (Lipinski definition) is 0. The number of nitrogens with zero attached hydrogens (tertiary/aromatic N) is 2. The average Bonchev–Trinajstić information content (AvgIpc) is 3.49. The maximum atomic E-state index is 4.78. The Bertz CT molecular complexity index is 1030. The number of unbranched alkanes of at least 4 members (excludes halogenated alkanes) is 14. The van der Waals surface area contributed by atoms with Crippen molar-refractivity contribution in [2.75, 3.05) is 0 Å². The van der Waals surface area contributed by atoms with E-state index in [1.807, 2.05) is 0 Å². The third kappa shape index (κ3) is 6.39. The average molecular weight is 505 g/mol. The summed E-state index contributed by atoms with van der Waals surface area (Å²) in [5.74, 6) is 0. The minimum atomic E-state index is 0.147. The minimum absolute atomic E-state index is 0.147. The Kier molecular flexibility index (Phi) is 10.8. The van der Waals surface area contributed by atoms with E-state index < -0.39 is 0 Å². The van der Waals surface area contributed by atoms with Gasteiger partial charge in [0.1, 0.15) is 11.0 Å². The van der Waals surface area contributed by atoms with Gasteiger partial charge < -0.3 is 0 Å². The van der Waals surface area contributed by atoms with Gasteiger partial charge in [-0.05, 0) is 35.6 Å². The molecule has 1 aliphatic rings. The fourth-order valence-corrected chi connectivity index (χ4v) is 7.11. The van der Waals surface area contributed by atoms with Crippen molar-refractivity contribution < 1.29 is 0 Å². The molecule has 0 aliphatic heterocycles. The van der Waals surface area contributed by atoms with Crippen molar-refractivity contribution in [1.82, 2.24) is 8.75 Å². The third-order valence-electron chi connectivity index (χ3n) is 8.57. The molecule has 1 heterocycles. The number of hydrogen-bond acceptors (Lipinski definition) is 3. The summed E-state index contributed by atoms with van der Waals surface area (Å²) in [6.45, 7) is 4.61. The van der Waals surface area contributed by atoms with E-state index >= 15 is 0 Å². The number of benzene rings is 2. The summed E-state index contributed by atoms with van der Waals surface area (Å²) in [5.41, 5.74) is 8.23. The van der Waals surface area contributed by atoms with Gasteiger partial charge in [-0.3, -0.25) is 0 Å². The van der Waals surface area contributed by atoms with Crippen LogP contribution in [0.5, 0.6) is 0 Å². The first kappa shape index (κ1) is 27.3. The molecule has 0 amide bonds. The van der Waals surface area contributed by atoms with Crippen molar-refractivity contribution in [3.8, 4) is 11.1 Å². The Morgan fingerprint density at radius 1 is 0.583 bits per heavy atom. The van der Waals surface area contributed by atoms with E-state index in [0.29, 0.717) is 0 Å². The molecule has 0 fully saturated rings. The van der Waals surface area contributed by atoms with Crippen LogP contribution >= 0.6 is 11.7 Å². The fourth-order valence-electron chi connectivity index (χ4n) is 6.57. The van der Waals surface area contributed by atoms with E-state index in [1.54, 1.807) is 5.56 Å². The largest absolute Gasteiger partial charge is 0.173 e. The molecule has 0 saturated heterocycles. The first-order valence-corrected chi connectivity index (χ1v) is 15.9. The molecule has 3 heteroatoms. The molecule has 2 nitrogen and oxygen atoms in total. The molecule has 0 saturated carbocycles. The van der Waals surface area contributed by atoms with Gasteiger partial charge in [-0.25, -0.2) is 0 Å². The zero-order valence-electron chi connectivity index (χ0n) is 23.0. The lowest BCUT2D eigenvalue weighted by molar-refractivity contribution is 0.397. The lowest BCUT2D eigenvalue weighted by atomic mass is 9.70. The van der Waals surface area contributed by atoms with E-state index in [-0.39, 0.29) is 5.41 Å². The van der Waals surface area contributed by atoms with Gasteiger partial charge in [-0.1, -0.05) is 147 Å². The van der Waals surface area contributed by atoms with E-state index in [4.69, 9.17) is 4.37 Å². The molecular weight excluding hydrogens is 456 g/mol. The van der Waals surface area contributed by atoms with Crippen LogP contribution in [0.1, 0.15) is 141 Å². The molecule has 4 rings (SSSR count). The van der Waals surface area contributed by atoms with Crippen LogP contribution in [0.4, 0.5) is 0 Å². The van der Waals surface area contributed by atoms with Crippen molar-refractivity contribution in [3.05, 3.63) is 47.5 Å². The molecule has 0 unspecified atom stereocenters. The van der Waals surface area contributed by atoms with E-state index in [2.05, 4.69) is 54.6 Å². The van der Waals surface area contributed by atoms with Gasteiger partial charge in [-0.2, -0.15) is 8.75 Å². The minimum Gasteiger partial charge on any atom is -0.173 e. The summed E-state index contributed by atoms with van der Waals surface area (Å²) in [7, 11) is 0. The second-order valence-electron chi connectivity index (χ2n) is 11.2. The highest BCUT2D eigenvalue weighted by atomic mass is 32.1. The molecule has 2 aromatic carbocycles. The second-order valence-corrected chi connectivity index (χ2v) is 11.7. The molecule has 1 aromatic heterocycles. The monoisotopic (exact) mass is 504 g/mol. The standard InChI is InChI=1S/C33H48N2S/c1-3-5-7-9-11-13-15-19-25-33(26-20-16-14-12-10-8-6-4-2)28-22-18-17-21-27(28)31-29(33)23-24-30-32(31)35-36-34-30/h17-18,21-24H,3-16,19-20,25-26H2,1-2H3.